The summed E-state index contributed by atoms with van der Waals surface area (Å²) in [5, 5.41) is 13.1. The van der Waals surface area contributed by atoms with Gasteiger partial charge in [-0.1, -0.05) is 12.5 Å². The Bertz CT molecular complexity index is 424. The van der Waals surface area contributed by atoms with Crippen LogP contribution in [0.2, 0.25) is 0 Å². The van der Waals surface area contributed by atoms with E-state index in [9.17, 15) is 5.11 Å². The molecule has 0 radical (unpaired) electrons. The molecular formula is C15H23NO3. The number of hydrogen-bond acceptors (Lipinski definition) is 4. The first-order chi connectivity index (χ1) is 9.20. The predicted octanol–water partition coefficient (Wildman–Crippen LogP) is 2.13. The average molecular weight is 265 g/mol. The Morgan fingerprint density at radius 1 is 1.26 bits per heavy atom. The van der Waals surface area contributed by atoms with Crippen molar-refractivity contribution < 1.29 is 14.6 Å². The van der Waals surface area contributed by atoms with Crippen LogP contribution in [0.4, 0.5) is 0 Å². The molecule has 1 fully saturated rings. The molecule has 0 heterocycles. The molecule has 2 N–H and O–H groups in total. The molecule has 0 aliphatic heterocycles. The van der Waals surface area contributed by atoms with Crippen molar-refractivity contribution in [3.8, 4) is 11.5 Å². The SMILES string of the molecule is CNC(c1ccc(OC)c(OC)c1)C1(CO)CCC1. The fourth-order valence-corrected chi connectivity index (χ4v) is 3.03. The minimum Gasteiger partial charge on any atom is -0.493 e. The van der Waals surface area contributed by atoms with Gasteiger partial charge in [0.05, 0.1) is 20.8 Å². The van der Waals surface area contributed by atoms with Crippen molar-refractivity contribution in [3.05, 3.63) is 23.8 Å². The molecular weight excluding hydrogens is 242 g/mol. The normalized spacial score (nSPS) is 18.5. The predicted molar refractivity (Wildman–Crippen MR) is 74.7 cm³/mol. The number of hydrogen-bond donors (Lipinski definition) is 2. The lowest BCUT2D eigenvalue weighted by Gasteiger charge is -2.46. The van der Waals surface area contributed by atoms with Crippen molar-refractivity contribution in [2.75, 3.05) is 27.9 Å². The van der Waals surface area contributed by atoms with Gasteiger partial charge in [0, 0.05) is 11.5 Å². The summed E-state index contributed by atoms with van der Waals surface area (Å²) in [4.78, 5) is 0. The van der Waals surface area contributed by atoms with Gasteiger partial charge in [0.2, 0.25) is 0 Å². The highest BCUT2D eigenvalue weighted by molar-refractivity contribution is 5.44. The van der Waals surface area contributed by atoms with Gasteiger partial charge in [0.25, 0.3) is 0 Å². The van der Waals surface area contributed by atoms with Crippen LogP contribution in [-0.4, -0.2) is 33.0 Å². The second-order valence-electron chi connectivity index (χ2n) is 5.21. The largest absolute Gasteiger partial charge is 0.493 e. The third-order valence-corrected chi connectivity index (χ3v) is 4.31. The Hall–Kier alpha value is -1.26. The lowest BCUT2D eigenvalue weighted by atomic mass is 9.63. The zero-order valence-corrected chi connectivity index (χ0v) is 11.9. The molecule has 0 spiro atoms. The Morgan fingerprint density at radius 2 is 1.95 bits per heavy atom. The molecule has 1 aromatic rings. The van der Waals surface area contributed by atoms with Crippen LogP contribution >= 0.6 is 0 Å². The van der Waals surface area contributed by atoms with E-state index in [1.807, 2.05) is 25.2 Å². The molecule has 0 saturated heterocycles. The number of aliphatic hydroxyl groups excluding tert-OH is 1. The highest BCUT2D eigenvalue weighted by atomic mass is 16.5. The lowest BCUT2D eigenvalue weighted by Crippen LogP contribution is -2.44. The third-order valence-electron chi connectivity index (χ3n) is 4.31. The molecule has 106 valence electrons. The van der Waals surface area contributed by atoms with E-state index in [2.05, 4.69) is 5.32 Å². The number of rotatable bonds is 6. The van der Waals surface area contributed by atoms with Gasteiger partial charge >= 0.3 is 0 Å². The Morgan fingerprint density at radius 3 is 2.37 bits per heavy atom. The first-order valence-corrected chi connectivity index (χ1v) is 6.71. The second-order valence-corrected chi connectivity index (χ2v) is 5.21. The summed E-state index contributed by atoms with van der Waals surface area (Å²) in [5.74, 6) is 1.46. The van der Waals surface area contributed by atoms with E-state index in [1.165, 1.54) is 6.42 Å². The molecule has 0 amide bonds. The summed E-state index contributed by atoms with van der Waals surface area (Å²) >= 11 is 0. The minimum absolute atomic E-state index is 0.0334. The van der Waals surface area contributed by atoms with Gasteiger partial charge in [-0.15, -0.1) is 0 Å². The van der Waals surface area contributed by atoms with Crippen LogP contribution in [-0.2, 0) is 0 Å². The Balaban J connectivity index is 2.33. The zero-order valence-electron chi connectivity index (χ0n) is 11.9. The fraction of sp³-hybridized carbons (Fsp3) is 0.600. The molecule has 1 atom stereocenters. The standard InChI is InChI=1S/C15H23NO3/c1-16-14(15(10-17)7-4-8-15)11-5-6-12(18-2)13(9-11)19-3/h5-6,9,14,16-17H,4,7-8,10H2,1-3H3. The molecule has 19 heavy (non-hydrogen) atoms. The molecule has 4 heteroatoms. The first-order valence-electron chi connectivity index (χ1n) is 6.71. The van der Waals surface area contributed by atoms with Crippen molar-refractivity contribution in [3.63, 3.8) is 0 Å². The Labute approximate surface area is 114 Å². The average Bonchev–Trinajstić information content (AvgIpc) is 2.42. The number of nitrogens with one attached hydrogen (secondary N) is 1. The zero-order chi connectivity index (χ0) is 13.9. The molecule has 2 rings (SSSR count). The van der Waals surface area contributed by atoms with Gasteiger partial charge in [-0.05, 0) is 37.6 Å². The molecule has 0 aromatic heterocycles. The van der Waals surface area contributed by atoms with Crippen molar-refractivity contribution >= 4 is 0 Å². The molecule has 1 unspecified atom stereocenters. The van der Waals surface area contributed by atoms with Crippen LogP contribution in [0.25, 0.3) is 0 Å². The van der Waals surface area contributed by atoms with Gasteiger partial charge in [-0.25, -0.2) is 0 Å². The van der Waals surface area contributed by atoms with Crippen LogP contribution in [0.15, 0.2) is 18.2 Å². The van der Waals surface area contributed by atoms with Crippen LogP contribution in [0, 0.1) is 5.41 Å². The maximum atomic E-state index is 9.73. The van der Waals surface area contributed by atoms with E-state index in [-0.39, 0.29) is 18.1 Å². The topological polar surface area (TPSA) is 50.7 Å². The van der Waals surface area contributed by atoms with Crippen LogP contribution < -0.4 is 14.8 Å². The van der Waals surface area contributed by atoms with E-state index in [0.29, 0.717) is 0 Å². The minimum atomic E-state index is -0.0334. The van der Waals surface area contributed by atoms with Gasteiger partial charge < -0.3 is 19.9 Å². The van der Waals surface area contributed by atoms with E-state index in [4.69, 9.17) is 9.47 Å². The van der Waals surface area contributed by atoms with Crippen molar-refractivity contribution in [1.29, 1.82) is 0 Å². The van der Waals surface area contributed by atoms with Crippen LogP contribution in [0.5, 0.6) is 11.5 Å². The third kappa shape index (κ3) is 2.42. The summed E-state index contributed by atoms with van der Waals surface area (Å²) in [7, 11) is 5.21. The first kappa shape index (κ1) is 14.2. The summed E-state index contributed by atoms with van der Waals surface area (Å²) in [6.45, 7) is 0.215. The molecule has 1 aliphatic rings. The smallest absolute Gasteiger partial charge is 0.161 e. The monoisotopic (exact) mass is 265 g/mol. The van der Waals surface area contributed by atoms with Crippen molar-refractivity contribution in [2.45, 2.75) is 25.3 Å². The van der Waals surface area contributed by atoms with Crippen LogP contribution in [0.3, 0.4) is 0 Å². The molecule has 0 bridgehead atoms. The lowest BCUT2D eigenvalue weighted by molar-refractivity contribution is 0.00776. The van der Waals surface area contributed by atoms with E-state index in [1.54, 1.807) is 14.2 Å². The molecule has 1 aromatic carbocycles. The fourth-order valence-electron chi connectivity index (χ4n) is 3.03. The highest BCUT2D eigenvalue weighted by Crippen LogP contribution is 2.50. The number of aliphatic hydroxyl groups is 1. The van der Waals surface area contributed by atoms with Crippen molar-refractivity contribution in [2.24, 2.45) is 5.41 Å². The number of benzene rings is 1. The van der Waals surface area contributed by atoms with Gasteiger partial charge in [0.1, 0.15) is 0 Å². The summed E-state index contributed by atoms with van der Waals surface area (Å²) < 4.78 is 10.6. The molecule has 4 nitrogen and oxygen atoms in total. The van der Waals surface area contributed by atoms with Crippen LogP contribution in [0.1, 0.15) is 30.9 Å². The molecule has 1 aliphatic carbocycles. The van der Waals surface area contributed by atoms with E-state index in [0.717, 1.165) is 29.9 Å². The molecule has 1 saturated carbocycles. The maximum absolute atomic E-state index is 9.73. The van der Waals surface area contributed by atoms with Gasteiger partial charge in [-0.2, -0.15) is 0 Å². The Kier molecular flexibility index (Phi) is 4.32. The number of methoxy groups -OCH3 is 2. The quantitative estimate of drug-likeness (QED) is 0.827. The van der Waals surface area contributed by atoms with Gasteiger partial charge in [0.15, 0.2) is 11.5 Å². The summed E-state index contributed by atoms with van der Waals surface area (Å²) in [6.07, 6.45) is 3.30. The summed E-state index contributed by atoms with van der Waals surface area (Å²) in [6, 6.07) is 6.10. The highest BCUT2D eigenvalue weighted by Gasteiger charge is 2.43. The number of ether oxygens (including phenoxy) is 2. The van der Waals surface area contributed by atoms with E-state index < -0.39 is 0 Å². The maximum Gasteiger partial charge on any atom is 0.161 e. The van der Waals surface area contributed by atoms with Crippen molar-refractivity contribution in [1.82, 2.24) is 5.32 Å². The van der Waals surface area contributed by atoms with E-state index >= 15 is 0 Å². The summed E-state index contributed by atoms with van der Waals surface area (Å²) in [5.41, 5.74) is 1.10. The van der Waals surface area contributed by atoms with Gasteiger partial charge in [-0.3, -0.25) is 0 Å². The second kappa shape index (κ2) is 5.80.